The summed E-state index contributed by atoms with van der Waals surface area (Å²) in [5, 5.41) is 10.5. The third-order valence-electron chi connectivity index (χ3n) is 2.05. The maximum atomic E-state index is 11.8. The van der Waals surface area contributed by atoms with E-state index in [0.717, 1.165) is 10.1 Å². The fraction of sp³-hybridized carbons (Fsp3) is 0.875. The Labute approximate surface area is 99.1 Å². The van der Waals surface area contributed by atoms with Crippen molar-refractivity contribution in [1.29, 1.82) is 0 Å². The molecule has 7 nitrogen and oxygen atoms in total. The Morgan fingerprint density at radius 3 is 2.44 bits per heavy atom. The SMILES string of the molecule is CCC(=O)N(N(C)C(N)O)[N+](=O)C(C)SC. The fourth-order valence-electron chi connectivity index (χ4n) is 0.923. The van der Waals surface area contributed by atoms with E-state index in [1.165, 1.54) is 18.8 Å². The van der Waals surface area contributed by atoms with Crippen molar-refractivity contribution in [3.8, 4) is 0 Å². The number of nitrogens with zero attached hydrogens (tertiary/aromatic N) is 3. The highest BCUT2D eigenvalue weighted by Crippen LogP contribution is 2.11. The lowest BCUT2D eigenvalue weighted by atomic mass is 10.5. The van der Waals surface area contributed by atoms with Crippen molar-refractivity contribution in [3.05, 3.63) is 4.91 Å². The average Bonchev–Trinajstić information content (AvgIpc) is 2.27. The van der Waals surface area contributed by atoms with Gasteiger partial charge in [-0.1, -0.05) is 18.7 Å². The van der Waals surface area contributed by atoms with E-state index < -0.39 is 17.6 Å². The Balaban J connectivity index is 4.94. The summed E-state index contributed by atoms with van der Waals surface area (Å²) in [6.45, 7) is 3.29. The molecule has 94 valence electrons. The highest BCUT2D eigenvalue weighted by molar-refractivity contribution is 7.98. The van der Waals surface area contributed by atoms with Crippen molar-refractivity contribution in [3.63, 3.8) is 0 Å². The quantitative estimate of drug-likeness (QED) is 0.383. The molecule has 0 aliphatic carbocycles. The lowest BCUT2D eigenvalue weighted by molar-refractivity contribution is -0.736. The molecule has 0 aromatic carbocycles. The molecule has 0 saturated heterocycles. The monoisotopic (exact) mass is 251 g/mol. The third-order valence-corrected chi connectivity index (χ3v) is 2.91. The number of thioether (sulfide) groups is 1. The number of aliphatic hydroxyl groups is 1. The highest BCUT2D eigenvalue weighted by atomic mass is 32.2. The number of amides is 1. The van der Waals surface area contributed by atoms with Crippen LogP contribution in [0.5, 0.6) is 0 Å². The van der Waals surface area contributed by atoms with Gasteiger partial charge in [0.1, 0.15) is 0 Å². The lowest BCUT2D eigenvalue weighted by Gasteiger charge is -2.25. The van der Waals surface area contributed by atoms with Crippen LogP contribution in [0.25, 0.3) is 0 Å². The number of carbonyl (C=O) groups is 1. The fourth-order valence-corrected chi connectivity index (χ4v) is 1.19. The van der Waals surface area contributed by atoms with Gasteiger partial charge in [0.2, 0.25) is 0 Å². The second-order valence-electron chi connectivity index (χ2n) is 3.16. The van der Waals surface area contributed by atoms with Gasteiger partial charge < -0.3 is 5.11 Å². The van der Waals surface area contributed by atoms with Gasteiger partial charge in [0.05, 0.1) is 4.91 Å². The number of carbonyl (C=O) groups excluding carboxylic acids is 1. The summed E-state index contributed by atoms with van der Waals surface area (Å²) in [6, 6.07) is 0. The molecule has 0 aliphatic rings. The summed E-state index contributed by atoms with van der Waals surface area (Å²) >= 11 is 1.29. The van der Waals surface area contributed by atoms with Crippen molar-refractivity contribution >= 4 is 17.7 Å². The molecule has 0 heterocycles. The van der Waals surface area contributed by atoms with Crippen LogP contribution in [0, 0.1) is 4.91 Å². The molecule has 0 saturated carbocycles. The molecule has 3 N–H and O–H groups in total. The van der Waals surface area contributed by atoms with E-state index >= 15 is 0 Å². The van der Waals surface area contributed by atoms with Gasteiger partial charge in [0.15, 0.2) is 11.2 Å². The summed E-state index contributed by atoms with van der Waals surface area (Å²) in [6.07, 6.45) is 0.501. The van der Waals surface area contributed by atoms with Crippen LogP contribution in [0.2, 0.25) is 0 Å². The minimum atomic E-state index is -1.40. The van der Waals surface area contributed by atoms with Gasteiger partial charge in [-0.05, 0) is 6.26 Å². The first-order chi connectivity index (χ1) is 7.36. The van der Waals surface area contributed by atoms with E-state index in [1.807, 2.05) is 0 Å². The average molecular weight is 251 g/mol. The number of rotatable bonds is 6. The summed E-state index contributed by atoms with van der Waals surface area (Å²) in [5.74, 6) is -0.428. The van der Waals surface area contributed by atoms with E-state index in [1.54, 1.807) is 20.1 Å². The maximum absolute atomic E-state index is 11.8. The molecule has 0 aliphatic heterocycles. The molecule has 0 fully saturated rings. The summed E-state index contributed by atoms with van der Waals surface area (Å²) in [7, 11) is 1.37. The Morgan fingerprint density at radius 1 is 1.62 bits per heavy atom. The Morgan fingerprint density at radius 2 is 2.12 bits per heavy atom. The number of hydrogen-bond acceptors (Lipinski definition) is 6. The first-order valence-corrected chi connectivity index (χ1v) is 6.14. The first-order valence-electron chi connectivity index (χ1n) is 4.85. The Bertz CT molecular complexity index is 262. The van der Waals surface area contributed by atoms with E-state index in [4.69, 9.17) is 5.73 Å². The van der Waals surface area contributed by atoms with E-state index in [-0.39, 0.29) is 6.42 Å². The van der Waals surface area contributed by atoms with Crippen molar-refractivity contribution in [1.82, 2.24) is 10.1 Å². The molecular formula is C8H19N4O3S+. The number of hydrazine groups is 2. The first kappa shape index (κ1) is 15.3. The molecule has 0 rings (SSSR count). The standard InChI is InChI=1S/C8H19N4O3S/c1-5-7(13)11(10(3)8(9)14)12(15)6(2)16-4/h6,8,14H,5,9H2,1-4H3/q+1. The number of nitroso groups, excluding NO2 is 1. The Kier molecular flexibility index (Phi) is 6.49. The normalized spacial score (nSPS) is 14.7. The van der Waals surface area contributed by atoms with Crippen molar-refractivity contribution in [2.75, 3.05) is 13.3 Å². The van der Waals surface area contributed by atoms with Crippen molar-refractivity contribution in [2.24, 2.45) is 5.73 Å². The zero-order chi connectivity index (χ0) is 12.9. The van der Waals surface area contributed by atoms with Crippen molar-refractivity contribution < 1.29 is 14.8 Å². The minimum Gasteiger partial charge on any atom is -0.364 e. The van der Waals surface area contributed by atoms with E-state index in [9.17, 15) is 14.8 Å². The summed E-state index contributed by atoms with van der Waals surface area (Å²) in [5.41, 5.74) is 5.22. The second kappa shape index (κ2) is 6.79. The number of aliphatic hydroxyl groups excluding tert-OH is 1. The summed E-state index contributed by atoms with van der Waals surface area (Å²) < 4.78 is 0. The van der Waals surface area contributed by atoms with Gasteiger partial charge >= 0.3 is 5.91 Å². The van der Waals surface area contributed by atoms with E-state index in [0.29, 0.717) is 4.87 Å². The van der Waals surface area contributed by atoms with Crippen molar-refractivity contribution in [2.45, 2.75) is 32.0 Å². The number of nitrogens with two attached hydrogens (primary N) is 1. The van der Waals surface area contributed by atoms with Crippen LogP contribution in [0.15, 0.2) is 0 Å². The van der Waals surface area contributed by atoms with Crippen LogP contribution in [0.3, 0.4) is 0 Å². The summed E-state index contributed by atoms with van der Waals surface area (Å²) in [4.78, 5) is 23.9. The smallest absolute Gasteiger partial charge is 0.301 e. The molecule has 1 amide bonds. The molecule has 0 aromatic heterocycles. The predicted molar refractivity (Wildman–Crippen MR) is 61.7 cm³/mol. The molecule has 0 radical (unpaired) electrons. The van der Waals surface area contributed by atoms with Gasteiger partial charge in [0, 0.05) is 25.5 Å². The zero-order valence-electron chi connectivity index (χ0n) is 9.95. The molecule has 2 unspecified atom stereocenters. The van der Waals surface area contributed by atoms with Crippen LogP contribution in [0.4, 0.5) is 0 Å². The molecule has 16 heavy (non-hydrogen) atoms. The largest absolute Gasteiger partial charge is 0.364 e. The van der Waals surface area contributed by atoms with Crippen LogP contribution in [-0.4, -0.2) is 51.0 Å². The molecular weight excluding hydrogens is 232 g/mol. The van der Waals surface area contributed by atoms with Crippen LogP contribution in [-0.2, 0) is 4.79 Å². The minimum absolute atomic E-state index is 0.150. The zero-order valence-corrected chi connectivity index (χ0v) is 10.8. The predicted octanol–water partition coefficient (Wildman–Crippen LogP) is -0.291. The van der Waals surface area contributed by atoms with Gasteiger partial charge in [-0.3, -0.25) is 10.5 Å². The number of hydrogen-bond donors (Lipinski definition) is 2. The van der Waals surface area contributed by atoms with Crippen LogP contribution in [0.1, 0.15) is 20.3 Å². The van der Waals surface area contributed by atoms with E-state index in [2.05, 4.69) is 0 Å². The molecule has 0 spiro atoms. The molecule has 2 atom stereocenters. The maximum Gasteiger partial charge on any atom is 0.301 e. The van der Waals surface area contributed by atoms with Gasteiger partial charge in [-0.25, -0.2) is 0 Å². The van der Waals surface area contributed by atoms with Crippen LogP contribution < -0.4 is 5.73 Å². The van der Waals surface area contributed by atoms with Gasteiger partial charge in [0.25, 0.3) is 5.37 Å². The highest BCUT2D eigenvalue weighted by Gasteiger charge is 2.37. The van der Waals surface area contributed by atoms with Gasteiger partial charge in [-0.15, -0.1) is 5.01 Å². The molecule has 0 aromatic rings. The second-order valence-corrected chi connectivity index (χ2v) is 4.32. The van der Waals surface area contributed by atoms with Crippen LogP contribution >= 0.6 is 11.8 Å². The lowest BCUT2D eigenvalue weighted by Crippen LogP contribution is -2.57. The van der Waals surface area contributed by atoms with Gasteiger partial charge in [-0.2, -0.15) is 0 Å². The topological polar surface area (TPSA) is 89.9 Å². The Hall–Kier alpha value is -0.700. The third kappa shape index (κ3) is 3.71. The molecule has 8 heteroatoms. The molecule has 0 bridgehead atoms.